The number of nitrogens with zero attached hydrogens (tertiary/aromatic N) is 1. The molecule has 0 aromatic heterocycles. The number of nitrogens with one attached hydrogen (secondary N) is 1. The van der Waals surface area contributed by atoms with Crippen LogP contribution >= 0.6 is 0 Å². The largest absolute Gasteiger partial charge is 0.468 e. The van der Waals surface area contributed by atoms with Crippen LogP contribution in [0.25, 0.3) is 0 Å². The Morgan fingerprint density at radius 3 is 2.29 bits per heavy atom. The van der Waals surface area contributed by atoms with E-state index in [0.717, 1.165) is 19.3 Å². The highest BCUT2D eigenvalue weighted by molar-refractivity contribution is 5.82. The van der Waals surface area contributed by atoms with Crippen LogP contribution in [-0.4, -0.2) is 55.9 Å². The maximum absolute atomic E-state index is 12.6. The number of hydrogen-bond acceptors (Lipinski definition) is 4. The molecule has 4 nitrogen and oxygen atoms in total. The predicted molar refractivity (Wildman–Crippen MR) is 73.9 cm³/mol. The van der Waals surface area contributed by atoms with Crippen LogP contribution in [0, 0.1) is 5.92 Å². The molecule has 0 heterocycles. The molecule has 1 unspecified atom stereocenters. The average Bonchev–Trinajstić information content (AvgIpc) is 3.24. The third-order valence-corrected chi connectivity index (χ3v) is 3.84. The van der Waals surface area contributed by atoms with E-state index in [1.165, 1.54) is 12.0 Å². The third-order valence-electron chi connectivity index (χ3n) is 3.84. The molecule has 1 saturated carbocycles. The van der Waals surface area contributed by atoms with Crippen molar-refractivity contribution in [3.63, 3.8) is 0 Å². The van der Waals surface area contributed by atoms with E-state index in [2.05, 4.69) is 5.32 Å². The van der Waals surface area contributed by atoms with Gasteiger partial charge in [-0.05, 0) is 38.3 Å². The van der Waals surface area contributed by atoms with Crippen LogP contribution in [0.3, 0.4) is 0 Å². The fourth-order valence-corrected chi connectivity index (χ4v) is 2.62. The molecule has 1 aliphatic carbocycles. The number of methoxy groups -OCH3 is 1. The molecule has 0 bridgehead atoms. The number of hydrogen-bond donors (Lipinski definition) is 1. The Morgan fingerprint density at radius 2 is 1.90 bits per heavy atom. The summed E-state index contributed by atoms with van der Waals surface area (Å²) in [4.78, 5) is 13.5. The molecule has 0 amide bonds. The van der Waals surface area contributed by atoms with Crippen molar-refractivity contribution in [1.82, 2.24) is 10.2 Å². The fraction of sp³-hybridized carbons (Fsp3) is 0.929. The van der Waals surface area contributed by atoms with Gasteiger partial charge in [-0.1, -0.05) is 13.8 Å². The summed E-state index contributed by atoms with van der Waals surface area (Å²) in [6.07, 6.45) is -1.78. The van der Waals surface area contributed by atoms with Crippen LogP contribution in [0.2, 0.25) is 0 Å². The molecule has 21 heavy (non-hydrogen) atoms. The minimum atomic E-state index is -4.27. The van der Waals surface area contributed by atoms with Gasteiger partial charge in [0.1, 0.15) is 5.54 Å². The van der Waals surface area contributed by atoms with Crippen molar-refractivity contribution >= 4 is 5.97 Å². The number of alkyl halides is 3. The van der Waals surface area contributed by atoms with E-state index < -0.39 is 24.2 Å². The summed E-state index contributed by atoms with van der Waals surface area (Å²) in [6.45, 7) is 3.45. The molecule has 1 aliphatic rings. The van der Waals surface area contributed by atoms with E-state index in [0.29, 0.717) is 6.54 Å². The van der Waals surface area contributed by atoms with Crippen molar-refractivity contribution in [2.75, 3.05) is 33.3 Å². The molecule has 0 saturated heterocycles. The van der Waals surface area contributed by atoms with Gasteiger partial charge in [0.2, 0.25) is 0 Å². The van der Waals surface area contributed by atoms with Gasteiger partial charge in [0.05, 0.1) is 13.7 Å². The van der Waals surface area contributed by atoms with Gasteiger partial charge in [-0.3, -0.25) is 4.90 Å². The summed E-state index contributed by atoms with van der Waals surface area (Å²) < 4.78 is 42.8. The summed E-state index contributed by atoms with van der Waals surface area (Å²) in [6, 6.07) is 0. The molecule has 1 rings (SSSR count). The van der Waals surface area contributed by atoms with E-state index in [-0.39, 0.29) is 19.0 Å². The highest BCUT2D eigenvalue weighted by Gasteiger charge is 2.52. The molecule has 7 heteroatoms. The first-order valence-corrected chi connectivity index (χ1v) is 7.41. The van der Waals surface area contributed by atoms with E-state index in [1.807, 2.05) is 6.92 Å². The molecule has 1 N–H and O–H groups in total. The van der Waals surface area contributed by atoms with Crippen LogP contribution in [-0.2, 0) is 9.53 Å². The first-order valence-electron chi connectivity index (χ1n) is 7.41. The van der Waals surface area contributed by atoms with Gasteiger partial charge in [0.15, 0.2) is 0 Å². The minimum absolute atomic E-state index is 0.0281. The Labute approximate surface area is 124 Å². The summed E-state index contributed by atoms with van der Waals surface area (Å²) in [5.41, 5.74) is -1.02. The van der Waals surface area contributed by atoms with Crippen molar-refractivity contribution in [2.24, 2.45) is 5.92 Å². The smallest absolute Gasteiger partial charge is 0.401 e. The van der Waals surface area contributed by atoms with E-state index in [4.69, 9.17) is 4.74 Å². The lowest BCUT2D eigenvalue weighted by Gasteiger charge is -2.37. The summed E-state index contributed by atoms with van der Waals surface area (Å²) in [5, 5.41) is 3.16. The van der Waals surface area contributed by atoms with E-state index >= 15 is 0 Å². The lowest BCUT2D eigenvalue weighted by molar-refractivity contribution is -0.159. The maximum atomic E-state index is 12.6. The van der Waals surface area contributed by atoms with Crippen molar-refractivity contribution in [2.45, 2.75) is 44.8 Å². The highest BCUT2D eigenvalue weighted by atomic mass is 19.4. The fourth-order valence-electron chi connectivity index (χ4n) is 2.62. The zero-order valence-electron chi connectivity index (χ0n) is 12.9. The minimum Gasteiger partial charge on any atom is -0.468 e. The van der Waals surface area contributed by atoms with Crippen molar-refractivity contribution in [1.29, 1.82) is 0 Å². The lowest BCUT2D eigenvalue weighted by atomic mass is 9.91. The number of rotatable bonds is 9. The zero-order valence-corrected chi connectivity index (χ0v) is 12.9. The van der Waals surface area contributed by atoms with E-state index in [1.54, 1.807) is 6.92 Å². The number of carbonyl (C=O) groups excluding carboxylic acids is 1. The maximum Gasteiger partial charge on any atom is 0.401 e. The molecule has 0 aromatic carbocycles. The number of carbonyl (C=O) groups is 1. The summed E-state index contributed by atoms with van der Waals surface area (Å²) >= 11 is 0. The SMILES string of the molecule is CCCNC(CN(CC)CC(F)(F)F)(C(=O)OC)C1CC1. The van der Waals surface area contributed by atoms with Crippen molar-refractivity contribution < 1.29 is 22.7 Å². The lowest BCUT2D eigenvalue weighted by Crippen LogP contribution is -2.62. The Kier molecular flexibility index (Phi) is 6.46. The molecule has 0 spiro atoms. The molecule has 0 aromatic rings. The van der Waals surface area contributed by atoms with Crippen LogP contribution in [0.15, 0.2) is 0 Å². The molecular weight excluding hydrogens is 285 g/mol. The Morgan fingerprint density at radius 1 is 1.29 bits per heavy atom. The first kappa shape index (κ1) is 18.2. The number of halogens is 3. The van der Waals surface area contributed by atoms with Gasteiger partial charge in [-0.2, -0.15) is 13.2 Å². The van der Waals surface area contributed by atoms with Crippen molar-refractivity contribution in [3.05, 3.63) is 0 Å². The van der Waals surface area contributed by atoms with Gasteiger partial charge in [-0.25, -0.2) is 4.79 Å². The summed E-state index contributed by atoms with van der Waals surface area (Å²) in [5.74, 6) is -0.405. The van der Waals surface area contributed by atoms with Gasteiger partial charge >= 0.3 is 12.1 Å². The molecule has 0 aliphatic heterocycles. The number of likely N-dealkylation sites (N-methyl/N-ethyl adjacent to an activating group) is 1. The molecule has 1 fully saturated rings. The monoisotopic (exact) mass is 310 g/mol. The molecule has 124 valence electrons. The standard InChI is InChI=1S/C14H25F3N2O2/c1-4-8-18-13(11-6-7-11,12(20)21-3)9-19(5-2)10-14(15,16)17/h11,18H,4-10H2,1-3H3. The second kappa shape index (κ2) is 7.45. The van der Waals surface area contributed by atoms with Gasteiger partial charge in [-0.15, -0.1) is 0 Å². The second-order valence-electron chi connectivity index (χ2n) is 5.58. The molecule has 1 atom stereocenters. The summed E-state index contributed by atoms with van der Waals surface area (Å²) in [7, 11) is 1.28. The second-order valence-corrected chi connectivity index (χ2v) is 5.58. The van der Waals surface area contributed by atoms with E-state index in [9.17, 15) is 18.0 Å². The Hall–Kier alpha value is -0.820. The highest BCUT2D eigenvalue weighted by Crippen LogP contribution is 2.41. The van der Waals surface area contributed by atoms with Gasteiger partial charge in [0.25, 0.3) is 0 Å². The van der Waals surface area contributed by atoms with Gasteiger partial charge < -0.3 is 10.1 Å². The average molecular weight is 310 g/mol. The quantitative estimate of drug-likeness (QED) is 0.663. The van der Waals surface area contributed by atoms with Crippen LogP contribution in [0.5, 0.6) is 0 Å². The van der Waals surface area contributed by atoms with Gasteiger partial charge in [0, 0.05) is 6.54 Å². The van der Waals surface area contributed by atoms with Crippen LogP contribution in [0.1, 0.15) is 33.1 Å². The predicted octanol–water partition coefficient (Wildman–Crippen LogP) is 2.19. The Balaban J connectivity index is 2.90. The normalized spacial score (nSPS) is 18.6. The Bertz CT molecular complexity index is 346. The number of ether oxygens (including phenoxy) is 1. The molecular formula is C14H25F3N2O2. The zero-order chi connectivity index (χ0) is 16.1. The van der Waals surface area contributed by atoms with Crippen molar-refractivity contribution in [3.8, 4) is 0 Å². The molecule has 0 radical (unpaired) electrons. The van der Waals surface area contributed by atoms with Crippen LogP contribution < -0.4 is 5.32 Å². The first-order chi connectivity index (χ1) is 9.79. The third kappa shape index (κ3) is 5.14. The van der Waals surface area contributed by atoms with Crippen LogP contribution in [0.4, 0.5) is 13.2 Å². The topological polar surface area (TPSA) is 41.6 Å². The number of esters is 1.